The van der Waals surface area contributed by atoms with Gasteiger partial charge in [-0.25, -0.2) is 9.69 Å². The highest BCUT2D eigenvalue weighted by molar-refractivity contribution is 5.73. The first-order valence-electron chi connectivity index (χ1n) is 4.72. The number of carbonyl (C=O) groups is 1. The summed E-state index contributed by atoms with van der Waals surface area (Å²) in [4.78, 5) is 13.1. The van der Waals surface area contributed by atoms with Crippen molar-refractivity contribution in [1.82, 2.24) is 4.90 Å². The van der Waals surface area contributed by atoms with Crippen LogP contribution in [0, 0.1) is 0 Å². The Morgan fingerprint density at radius 1 is 1.36 bits per heavy atom. The molecule has 0 aromatic heterocycles. The van der Waals surface area contributed by atoms with E-state index >= 15 is 0 Å². The maximum Gasteiger partial charge on any atom is 0.416 e. The molecule has 1 amide bonds. The van der Waals surface area contributed by atoms with Crippen LogP contribution in [0.15, 0.2) is 11.8 Å². The van der Waals surface area contributed by atoms with Gasteiger partial charge in [0, 0.05) is 0 Å². The third-order valence-electron chi connectivity index (χ3n) is 2.57. The van der Waals surface area contributed by atoms with Crippen molar-refractivity contribution in [3.8, 4) is 0 Å². The minimum absolute atomic E-state index is 0.321. The average molecular weight is 197 g/mol. The second kappa shape index (κ2) is 2.51. The monoisotopic (exact) mass is 197 g/mol. The topological polar surface area (TPSA) is 38.8 Å². The summed E-state index contributed by atoms with van der Waals surface area (Å²) < 4.78 is 10.8. The van der Waals surface area contributed by atoms with Gasteiger partial charge in [0.25, 0.3) is 0 Å². The SMILES string of the molecule is CC1(C)OC(C)(C)N2C(=O)OCC=C21. The number of fused-ring (bicyclic) bond motifs is 1. The van der Waals surface area contributed by atoms with Crippen LogP contribution in [0.5, 0.6) is 0 Å². The van der Waals surface area contributed by atoms with Crippen LogP contribution in [0.4, 0.5) is 4.79 Å². The minimum atomic E-state index is -0.618. The van der Waals surface area contributed by atoms with Gasteiger partial charge < -0.3 is 9.47 Å². The molecule has 0 aliphatic carbocycles. The minimum Gasteiger partial charge on any atom is -0.445 e. The van der Waals surface area contributed by atoms with E-state index in [0.717, 1.165) is 5.70 Å². The Balaban J connectivity index is 2.48. The molecule has 1 fully saturated rings. The summed E-state index contributed by atoms with van der Waals surface area (Å²) in [6.45, 7) is 7.98. The third-order valence-corrected chi connectivity index (χ3v) is 2.57. The molecule has 0 bridgehead atoms. The molecule has 4 nitrogen and oxygen atoms in total. The quantitative estimate of drug-likeness (QED) is 0.595. The van der Waals surface area contributed by atoms with Crippen molar-refractivity contribution in [3.05, 3.63) is 11.8 Å². The van der Waals surface area contributed by atoms with Crippen LogP contribution >= 0.6 is 0 Å². The number of cyclic esters (lactones) is 1. The average Bonchev–Trinajstić information content (AvgIpc) is 2.18. The van der Waals surface area contributed by atoms with Crippen LogP contribution in [-0.2, 0) is 9.47 Å². The zero-order valence-electron chi connectivity index (χ0n) is 8.96. The van der Waals surface area contributed by atoms with Crippen LogP contribution in [0.3, 0.4) is 0 Å². The van der Waals surface area contributed by atoms with Gasteiger partial charge in [0.05, 0.1) is 5.70 Å². The summed E-state index contributed by atoms with van der Waals surface area (Å²) in [5, 5.41) is 0. The van der Waals surface area contributed by atoms with E-state index in [0.29, 0.717) is 6.61 Å². The van der Waals surface area contributed by atoms with Gasteiger partial charge in [-0.3, -0.25) is 0 Å². The van der Waals surface area contributed by atoms with Crippen molar-refractivity contribution in [2.24, 2.45) is 0 Å². The highest BCUT2D eigenvalue weighted by atomic mass is 16.6. The Kier molecular flexibility index (Phi) is 1.71. The van der Waals surface area contributed by atoms with E-state index in [-0.39, 0.29) is 6.09 Å². The summed E-state index contributed by atoms with van der Waals surface area (Å²) in [5.74, 6) is 0. The Morgan fingerprint density at radius 2 is 2.00 bits per heavy atom. The Hall–Kier alpha value is -1.03. The van der Waals surface area contributed by atoms with Crippen molar-refractivity contribution in [2.45, 2.75) is 39.0 Å². The van der Waals surface area contributed by atoms with E-state index in [1.165, 1.54) is 0 Å². The molecule has 0 aromatic rings. The van der Waals surface area contributed by atoms with Crippen LogP contribution in [0.1, 0.15) is 27.7 Å². The molecule has 0 saturated carbocycles. The van der Waals surface area contributed by atoms with Crippen molar-refractivity contribution >= 4 is 6.09 Å². The fraction of sp³-hybridized carbons (Fsp3) is 0.700. The summed E-state index contributed by atoms with van der Waals surface area (Å²) in [6, 6.07) is 0. The highest BCUT2D eigenvalue weighted by Crippen LogP contribution is 2.43. The molecule has 0 radical (unpaired) electrons. The predicted octanol–water partition coefficient (Wildman–Crippen LogP) is 1.87. The van der Waals surface area contributed by atoms with Gasteiger partial charge >= 0.3 is 6.09 Å². The lowest BCUT2D eigenvalue weighted by Crippen LogP contribution is -2.44. The first-order chi connectivity index (χ1) is 6.34. The van der Waals surface area contributed by atoms with E-state index in [4.69, 9.17) is 9.47 Å². The van der Waals surface area contributed by atoms with Gasteiger partial charge in [-0.2, -0.15) is 0 Å². The third kappa shape index (κ3) is 1.14. The van der Waals surface area contributed by atoms with Crippen LogP contribution in [0.2, 0.25) is 0 Å². The lowest BCUT2D eigenvalue weighted by Gasteiger charge is -2.31. The summed E-state index contributed by atoms with van der Waals surface area (Å²) in [7, 11) is 0. The lowest BCUT2D eigenvalue weighted by atomic mass is 10.0. The normalized spacial score (nSPS) is 28.1. The van der Waals surface area contributed by atoms with Crippen molar-refractivity contribution in [1.29, 1.82) is 0 Å². The molecule has 2 rings (SSSR count). The fourth-order valence-electron chi connectivity index (χ4n) is 2.19. The second-order valence-electron chi connectivity index (χ2n) is 4.56. The van der Waals surface area contributed by atoms with Crippen molar-refractivity contribution < 1.29 is 14.3 Å². The molecule has 4 heteroatoms. The molecule has 0 spiro atoms. The van der Waals surface area contributed by atoms with E-state index in [2.05, 4.69) is 0 Å². The van der Waals surface area contributed by atoms with Gasteiger partial charge in [-0.05, 0) is 33.8 Å². The molecular formula is C10H15NO3. The number of nitrogens with zero attached hydrogens (tertiary/aromatic N) is 1. The summed E-state index contributed by atoms with van der Waals surface area (Å²) in [6.07, 6.45) is 1.58. The molecule has 0 atom stereocenters. The Morgan fingerprint density at radius 3 is 2.57 bits per heavy atom. The predicted molar refractivity (Wildman–Crippen MR) is 50.5 cm³/mol. The number of rotatable bonds is 0. The summed E-state index contributed by atoms with van der Waals surface area (Å²) in [5.41, 5.74) is -0.130. The van der Waals surface area contributed by atoms with Crippen LogP contribution in [0.25, 0.3) is 0 Å². The Bertz CT molecular complexity index is 317. The van der Waals surface area contributed by atoms with E-state index in [1.54, 1.807) is 4.90 Å². The molecule has 78 valence electrons. The van der Waals surface area contributed by atoms with Crippen LogP contribution in [-0.4, -0.2) is 28.9 Å². The number of ether oxygens (including phenoxy) is 2. The molecule has 0 unspecified atom stereocenters. The molecule has 0 N–H and O–H groups in total. The zero-order valence-corrected chi connectivity index (χ0v) is 8.96. The molecule has 0 aromatic carbocycles. The standard InChI is InChI=1S/C10H15NO3/c1-9(2)7-5-6-13-8(12)11(7)10(3,4)14-9/h5H,6H2,1-4H3. The molecule has 1 saturated heterocycles. The largest absolute Gasteiger partial charge is 0.445 e. The van der Waals surface area contributed by atoms with Gasteiger partial charge in [-0.15, -0.1) is 0 Å². The van der Waals surface area contributed by atoms with Gasteiger partial charge in [0.15, 0.2) is 0 Å². The maximum absolute atomic E-state index is 11.6. The first-order valence-corrected chi connectivity index (χ1v) is 4.72. The van der Waals surface area contributed by atoms with E-state index in [9.17, 15) is 4.79 Å². The maximum atomic E-state index is 11.6. The number of amides is 1. The number of hydrogen-bond donors (Lipinski definition) is 0. The van der Waals surface area contributed by atoms with Gasteiger partial charge in [-0.1, -0.05) is 0 Å². The van der Waals surface area contributed by atoms with Gasteiger partial charge in [0.1, 0.15) is 17.9 Å². The molecule has 2 heterocycles. The lowest BCUT2D eigenvalue weighted by molar-refractivity contribution is -0.0976. The van der Waals surface area contributed by atoms with E-state index in [1.807, 2.05) is 33.8 Å². The second-order valence-corrected chi connectivity index (χ2v) is 4.56. The smallest absolute Gasteiger partial charge is 0.416 e. The molecule has 2 aliphatic heterocycles. The molecular weight excluding hydrogens is 182 g/mol. The fourth-order valence-corrected chi connectivity index (χ4v) is 2.19. The van der Waals surface area contributed by atoms with Crippen molar-refractivity contribution in [3.63, 3.8) is 0 Å². The van der Waals surface area contributed by atoms with Gasteiger partial charge in [0.2, 0.25) is 0 Å². The zero-order chi connectivity index (χ0) is 10.6. The highest BCUT2D eigenvalue weighted by Gasteiger charge is 2.52. The summed E-state index contributed by atoms with van der Waals surface area (Å²) >= 11 is 0. The molecule has 14 heavy (non-hydrogen) atoms. The number of carbonyl (C=O) groups excluding carboxylic acids is 1. The van der Waals surface area contributed by atoms with E-state index < -0.39 is 11.3 Å². The van der Waals surface area contributed by atoms with Crippen molar-refractivity contribution in [2.75, 3.05) is 6.61 Å². The van der Waals surface area contributed by atoms with Crippen LogP contribution < -0.4 is 0 Å². The number of hydrogen-bond acceptors (Lipinski definition) is 3. The first kappa shape index (κ1) is 9.52. The molecule has 2 aliphatic rings. The Labute approximate surface area is 83.5 Å².